The van der Waals surface area contributed by atoms with Gasteiger partial charge in [0.05, 0.1) is 8.07 Å². The summed E-state index contributed by atoms with van der Waals surface area (Å²) >= 11 is 0. The van der Waals surface area contributed by atoms with Crippen LogP contribution in [0.2, 0.25) is 18.1 Å². The van der Waals surface area contributed by atoms with Crippen molar-refractivity contribution >= 4 is 34.8 Å². The molecule has 0 aliphatic carbocycles. The average molecular weight is 392 g/mol. The van der Waals surface area contributed by atoms with Crippen molar-refractivity contribution in [2.45, 2.75) is 91.3 Å². The Morgan fingerprint density at radius 1 is 0.679 bits per heavy atom. The fourth-order valence-electron chi connectivity index (χ4n) is 4.10. The highest BCUT2D eigenvalue weighted by atomic mass is 28.3. The fourth-order valence-corrected chi connectivity index (χ4v) is 6.63. The van der Waals surface area contributed by atoms with Crippen molar-refractivity contribution in [1.29, 1.82) is 0 Å². The summed E-state index contributed by atoms with van der Waals surface area (Å²) in [5.41, 5.74) is 3.18. The summed E-state index contributed by atoms with van der Waals surface area (Å²) in [6, 6.07) is 14.5. The van der Waals surface area contributed by atoms with E-state index in [0.717, 1.165) is 0 Å². The van der Waals surface area contributed by atoms with Gasteiger partial charge in [0.2, 0.25) is 0 Å². The smallest absolute Gasteiger partial charge is 0.0697 e. The highest BCUT2D eigenvalue weighted by Gasteiger charge is 2.37. The molecule has 3 aromatic rings. The summed E-state index contributed by atoms with van der Waals surface area (Å²) in [6.07, 6.45) is 0. The Balaban J connectivity index is 2.49. The monoisotopic (exact) mass is 391 g/mol. The predicted octanol–water partition coefficient (Wildman–Crippen LogP) is 8.02. The summed E-state index contributed by atoms with van der Waals surface area (Å²) in [4.78, 5) is 0. The molecule has 0 aliphatic rings. The lowest BCUT2D eigenvalue weighted by Gasteiger charge is -2.40. The van der Waals surface area contributed by atoms with Crippen LogP contribution in [0.5, 0.6) is 0 Å². The van der Waals surface area contributed by atoms with Gasteiger partial charge in [-0.05, 0) is 15.9 Å². The predicted molar refractivity (Wildman–Crippen MR) is 131 cm³/mol. The van der Waals surface area contributed by atoms with Crippen LogP contribution in [0.1, 0.15) is 73.4 Å². The van der Waals surface area contributed by atoms with Crippen LogP contribution in [-0.2, 0) is 10.8 Å². The van der Waals surface area contributed by atoms with E-state index in [9.17, 15) is 0 Å². The minimum atomic E-state index is -1.68. The van der Waals surface area contributed by atoms with Gasteiger partial charge in [-0.2, -0.15) is 0 Å². The van der Waals surface area contributed by atoms with Crippen LogP contribution in [0, 0.1) is 0 Å². The zero-order valence-corrected chi connectivity index (χ0v) is 21.0. The number of benzene rings is 2. The number of hydrogen-bond donors (Lipinski definition) is 0. The number of hydrogen-bond acceptors (Lipinski definition) is 0. The lowest BCUT2D eigenvalue weighted by Crippen LogP contribution is -2.49. The molecule has 3 rings (SSSR count). The van der Waals surface area contributed by atoms with Gasteiger partial charge in [0.25, 0.3) is 0 Å². The molecule has 0 saturated heterocycles. The Hall–Kier alpha value is -1.47. The highest BCUT2D eigenvalue weighted by Crippen LogP contribution is 2.42. The molecule has 0 unspecified atom stereocenters. The first kappa shape index (κ1) is 21.2. The Bertz CT molecular complexity index is 953. The molecule has 0 nitrogen and oxygen atoms in total. The van der Waals surface area contributed by atoms with Gasteiger partial charge in [0.15, 0.2) is 0 Å². The second kappa shape index (κ2) is 6.26. The third kappa shape index (κ3) is 3.36. The van der Waals surface area contributed by atoms with E-state index in [4.69, 9.17) is 0 Å². The molecule has 0 spiro atoms. The summed E-state index contributed by atoms with van der Waals surface area (Å²) in [7, 11) is -1.68. The van der Waals surface area contributed by atoms with Crippen molar-refractivity contribution in [3.05, 3.63) is 47.5 Å². The van der Waals surface area contributed by atoms with Gasteiger partial charge in [0.1, 0.15) is 0 Å². The van der Waals surface area contributed by atoms with Crippen LogP contribution in [0.3, 0.4) is 0 Å². The van der Waals surface area contributed by atoms with E-state index < -0.39 is 8.07 Å². The van der Waals surface area contributed by atoms with Gasteiger partial charge >= 0.3 is 0 Å². The molecule has 0 bridgehead atoms. The second-order valence-electron chi connectivity index (χ2n) is 12.3. The van der Waals surface area contributed by atoms with E-state index >= 15 is 0 Å². The molecule has 0 atom stereocenters. The SMILES string of the molecule is CC(C)(C)c1ccc2c([Si](C)(C)C(C)(C)C)[c-]3ccc(C(C)(C)C)cc3c2c1. The van der Waals surface area contributed by atoms with Gasteiger partial charge in [-0.3, -0.25) is 0 Å². The zero-order chi connectivity index (χ0) is 21.3. The molecule has 0 saturated carbocycles. The maximum absolute atomic E-state index is 2.55. The molecule has 0 radical (unpaired) electrons. The summed E-state index contributed by atoms with van der Waals surface area (Å²) in [5, 5.41) is 7.83. The molecule has 152 valence electrons. The Morgan fingerprint density at radius 3 is 1.71 bits per heavy atom. The Kier molecular flexibility index (Phi) is 4.75. The molecule has 28 heavy (non-hydrogen) atoms. The Labute approximate surface area is 173 Å². The molecular weight excluding hydrogens is 352 g/mol. The van der Waals surface area contributed by atoms with E-state index in [1.54, 1.807) is 5.19 Å². The van der Waals surface area contributed by atoms with Crippen LogP contribution in [0.4, 0.5) is 0 Å². The normalized spacial score (nSPS) is 14.2. The Morgan fingerprint density at radius 2 is 1.21 bits per heavy atom. The maximum Gasteiger partial charge on any atom is 0.0697 e. The minimum absolute atomic E-state index is 0.163. The van der Waals surface area contributed by atoms with Gasteiger partial charge in [-0.15, -0.1) is 45.1 Å². The average Bonchev–Trinajstić information content (AvgIpc) is 2.85. The minimum Gasteiger partial charge on any atom is -0.122 e. The molecule has 1 heteroatoms. The van der Waals surface area contributed by atoms with Crippen molar-refractivity contribution in [2.75, 3.05) is 0 Å². The van der Waals surface area contributed by atoms with Crippen LogP contribution < -0.4 is 5.19 Å². The van der Waals surface area contributed by atoms with E-state index in [1.165, 1.54) is 32.7 Å². The molecule has 0 amide bonds. The molecule has 0 aliphatic heterocycles. The molecule has 0 N–H and O–H groups in total. The summed E-state index contributed by atoms with van der Waals surface area (Å²) < 4.78 is 0. The van der Waals surface area contributed by atoms with Crippen molar-refractivity contribution < 1.29 is 0 Å². The first-order chi connectivity index (χ1) is 12.5. The van der Waals surface area contributed by atoms with Crippen molar-refractivity contribution in [3.63, 3.8) is 0 Å². The van der Waals surface area contributed by atoms with E-state index in [1.807, 2.05) is 0 Å². The van der Waals surface area contributed by atoms with E-state index in [-0.39, 0.29) is 10.8 Å². The second-order valence-corrected chi connectivity index (χ2v) is 17.5. The van der Waals surface area contributed by atoms with Crippen LogP contribution in [-0.4, -0.2) is 8.07 Å². The largest absolute Gasteiger partial charge is 0.122 e. The lowest BCUT2D eigenvalue weighted by molar-refractivity contribution is 0.590. The third-order valence-corrected chi connectivity index (χ3v) is 12.6. The first-order valence-electron chi connectivity index (χ1n) is 10.7. The molecular formula is C27H39Si-. The van der Waals surface area contributed by atoms with Crippen LogP contribution in [0.15, 0.2) is 36.4 Å². The van der Waals surface area contributed by atoms with Crippen molar-refractivity contribution in [3.8, 4) is 0 Å². The van der Waals surface area contributed by atoms with Crippen LogP contribution in [0.25, 0.3) is 21.5 Å². The van der Waals surface area contributed by atoms with E-state index in [0.29, 0.717) is 5.04 Å². The van der Waals surface area contributed by atoms with Gasteiger partial charge in [0, 0.05) is 0 Å². The summed E-state index contributed by atoms with van der Waals surface area (Å²) in [6.45, 7) is 26.3. The fraction of sp³-hybridized carbons (Fsp3) is 0.519. The standard InChI is InChI=1S/C27H39Si/c1-25(2,3)18-12-14-20-22(16-18)23-17-19(26(4,5)6)13-15-21(23)24(20)28(10,11)27(7,8)9/h12-17H,1-11H3/q-1. The van der Waals surface area contributed by atoms with Gasteiger partial charge in [-0.1, -0.05) is 105 Å². The molecule has 0 fully saturated rings. The zero-order valence-electron chi connectivity index (χ0n) is 20.0. The highest BCUT2D eigenvalue weighted by molar-refractivity contribution is 6.95. The van der Waals surface area contributed by atoms with Crippen LogP contribution >= 0.6 is 0 Å². The molecule has 0 aromatic heterocycles. The number of fused-ring (bicyclic) bond motifs is 3. The number of rotatable bonds is 1. The molecule has 0 heterocycles. The quantitative estimate of drug-likeness (QED) is 0.291. The van der Waals surface area contributed by atoms with Gasteiger partial charge < -0.3 is 0 Å². The summed E-state index contributed by atoms with van der Waals surface area (Å²) in [5.74, 6) is 0. The maximum atomic E-state index is 2.55. The van der Waals surface area contributed by atoms with Crippen molar-refractivity contribution in [2.24, 2.45) is 0 Å². The van der Waals surface area contributed by atoms with E-state index in [2.05, 4.69) is 112 Å². The molecule has 3 aromatic carbocycles. The van der Waals surface area contributed by atoms with Gasteiger partial charge in [-0.25, -0.2) is 0 Å². The van der Waals surface area contributed by atoms with Crippen molar-refractivity contribution in [1.82, 2.24) is 0 Å². The lowest BCUT2D eigenvalue weighted by atomic mass is 9.85. The topological polar surface area (TPSA) is 0 Å². The first-order valence-corrected chi connectivity index (χ1v) is 13.7. The third-order valence-electron chi connectivity index (χ3n) is 7.10.